The Labute approximate surface area is 112 Å². The Morgan fingerprint density at radius 3 is 2.53 bits per heavy atom. The van der Waals surface area contributed by atoms with Crippen LogP contribution in [0.4, 0.5) is 5.69 Å². The lowest BCUT2D eigenvalue weighted by atomic mass is 10.1. The zero-order valence-corrected chi connectivity index (χ0v) is 11.2. The summed E-state index contributed by atoms with van der Waals surface area (Å²) in [6, 6.07) is 7.97. The number of rotatable bonds is 4. The van der Waals surface area contributed by atoms with E-state index >= 15 is 0 Å². The molecule has 0 saturated heterocycles. The van der Waals surface area contributed by atoms with Crippen molar-refractivity contribution < 1.29 is 9.21 Å². The molecule has 0 bridgehead atoms. The first-order valence-corrected chi connectivity index (χ1v) is 6.10. The van der Waals surface area contributed by atoms with Gasteiger partial charge in [0.25, 0.3) is 5.91 Å². The molecule has 2 N–H and O–H groups in total. The molecular formula is C14H17N3O2. The van der Waals surface area contributed by atoms with E-state index in [4.69, 9.17) is 4.42 Å². The summed E-state index contributed by atoms with van der Waals surface area (Å²) in [5.74, 6) is -0.0444. The first-order chi connectivity index (χ1) is 9.11. The van der Waals surface area contributed by atoms with E-state index in [9.17, 15) is 4.79 Å². The van der Waals surface area contributed by atoms with Gasteiger partial charge in [0.15, 0.2) is 6.39 Å². The molecule has 0 aliphatic carbocycles. The van der Waals surface area contributed by atoms with Gasteiger partial charge in [-0.1, -0.05) is 12.1 Å². The quantitative estimate of drug-likeness (QED) is 0.885. The second kappa shape index (κ2) is 5.67. The molecule has 100 valence electrons. The minimum atomic E-state index is -0.288. The smallest absolute Gasteiger partial charge is 0.293 e. The average molecular weight is 259 g/mol. The predicted octanol–water partition coefficient (Wildman–Crippen LogP) is 2.52. The minimum Gasteiger partial charge on any atom is -0.438 e. The molecule has 5 heteroatoms. The number of benzene rings is 1. The van der Waals surface area contributed by atoms with Crippen LogP contribution >= 0.6 is 0 Å². The maximum Gasteiger partial charge on any atom is 0.293 e. The summed E-state index contributed by atoms with van der Waals surface area (Å²) in [6.45, 7) is 3.81. The Hall–Kier alpha value is -2.14. The Morgan fingerprint density at radius 1 is 1.32 bits per heavy atom. The van der Waals surface area contributed by atoms with Gasteiger partial charge in [0, 0.05) is 11.7 Å². The maximum atomic E-state index is 11.9. The molecule has 2 aromatic rings. The lowest BCUT2D eigenvalue weighted by molar-refractivity contribution is 0.0996. The van der Waals surface area contributed by atoms with Crippen molar-refractivity contribution >= 4 is 11.6 Å². The van der Waals surface area contributed by atoms with E-state index in [1.807, 2.05) is 31.3 Å². The molecule has 1 heterocycles. The Morgan fingerprint density at radius 2 is 2.00 bits per heavy atom. The van der Waals surface area contributed by atoms with Crippen LogP contribution in [0.1, 0.15) is 34.8 Å². The zero-order valence-electron chi connectivity index (χ0n) is 11.2. The van der Waals surface area contributed by atoms with Gasteiger partial charge in [-0.2, -0.15) is 0 Å². The van der Waals surface area contributed by atoms with Crippen LogP contribution in [0.15, 0.2) is 35.1 Å². The molecule has 0 spiro atoms. The van der Waals surface area contributed by atoms with Crippen LogP contribution in [-0.4, -0.2) is 17.9 Å². The maximum absolute atomic E-state index is 11.9. The van der Waals surface area contributed by atoms with Gasteiger partial charge in [-0.15, -0.1) is 0 Å². The van der Waals surface area contributed by atoms with Crippen LogP contribution in [-0.2, 0) is 0 Å². The standard InChI is InChI=1S/C14H17N3O2/c1-9(15-3)11-4-6-12(7-5-11)17-14(18)13-10(2)16-8-19-13/h4-9,15H,1-3H3,(H,17,18). The highest BCUT2D eigenvalue weighted by Gasteiger charge is 2.14. The number of aromatic nitrogens is 1. The SMILES string of the molecule is CNC(C)c1ccc(NC(=O)c2ocnc2C)cc1. The molecule has 19 heavy (non-hydrogen) atoms. The highest BCUT2D eigenvalue weighted by atomic mass is 16.3. The number of hydrogen-bond acceptors (Lipinski definition) is 4. The molecule has 0 saturated carbocycles. The number of nitrogens with zero attached hydrogens (tertiary/aromatic N) is 1. The summed E-state index contributed by atoms with van der Waals surface area (Å²) in [5, 5.41) is 5.94. The van der Waals surface area contributed by atoms with E-state index in [-0.39, 0.29) is 17.7 Å². The Balaban J connectivity index is 2.08. The summed E-state index contributed by atoms with van der Waals surface area (Å²) in [6.07, 6.45) is 1.27. The number of oxazole rings is 1. The molecule has 0 fully saturated rings. The Kier molecular flexibility index (Phi) is 3.97. The van der Waals surface area contributed by atoms with E-state index in [2.05, 4.69) is 22.5 Å². The van der Waals surface area contributed by atoms with E-state index in [1.165, 1.54) is 6.39 Å². The molecule has 0 radical (unpaired) electrons. The van der Waals surface area contributed by atoms with Crippen LogP contribution in [0.3, 0.4) is 0 Å². The van der Waals surface area contributed by atoms with E-state index in [0.717, 1.165) is 11.3 Å². The number of anilines is 1. The van der Waals surface area contributed by atoms with Gasteiger partial charge in [-0.25, -0.2) is 4.98 Å². The third-order valence-electron chi connectivity index (χ3n) is 3.05. The first-order valence-electron chi connectivity index (χ1n) is 6.10. The fourth-order valence-electron chi connectivity index (χ4n) is 1.73. The fourth-order valence-corrected chi connectivity index (χ4v) is 1.73. The fraction of sp³-hybridized carbons (Fsp3) is 0.286. The normalized spacial score (nSPS) is 12.2. The zero-order chi connectivity index (χ0) is 13.8. The second-order valence-electron chi connectivity index (χ2n) is 4.35. The van der Waals surface area contributed by atoms with Gasteiger partial charge >= 0.3 is 0 Å². The van der Waals surface area contributed by atoms with Crippen molar-refractivity contribution in [2.24, 2.45) is 0 Å². The first kappa shape index (κ1) is 13.3. The van der Waals surface area contributed by atoms with Gasteiger partial charge in [0.1, 0.15) is 0 Å². The molecule has 2 rings (SSSR count). The number of carbonyl (C=O) groups excluding carboxylic acids is 1. The van der Waals surface area contributed by atoms with Gasteiger partial charge in [0.05, 0.1) is 5.69 Å². The largest absolute Gasteiger partial charge is 0.438 e. The van der Waals surface area contributed by atoms with E-state index in [1.54, 1.807) is 6.92 Å². The minimum absolute atomic E-state index is 0.243. The van der Waals surface area contributed by atoms with Gasteiger partial charge in [0.2, 0.25) is 5.76 Å². The van der Waals surface area contributed by atoms with Gasteiger partial charge < -0.3 is 15.1 Å². The van der Waals surface area contributed by atoms with Crippen molar-refractivity contribution in [3.05, 3.63) is 47.7 Å². The third kappa shape index (κ3) is 3.00. The number of hydrogen-bond donors (Lipinski definition) is 2. The van der Waals surface area contributed by atoms with Crippen molar-refractivity contribution in [1.82, 2.24) is 10.3 Å². The van der Waals surface area contributed by atoms with Crippen LogP contribution in [0, 0.1) is 6.92 Å². The second-order valence-corrected chi connectivity index (χ2v) is 4.35. The summed E-state index contributed by atoms with van der Waals surface area (Å²) in [5.41, 5.74) is 2.47. The van der Waals surface area contributed by atoms with Crippen LogP contribution < -0.4 is 10.6 Å². The molecular weight excluding hydrogens is 242 g/mol. The topological polar surface area (TPSA) is 67.2 Å². The summed E-state index contributed by atoms with van der Waals surface area (Å²) >= 11 is 0. The summed E-state index contributed by atoms with van der Waals surface area (Å²) in [7, 11) is 1.91. The van der Waals surface area contributed by atoms with Crippen molar-refractivity contribution in [3.8, 4) is 0 Å². The summed E-state index contributed by atoms with van der Waals surface area (Å²) in [4.78, 5) is 15.8. The van der Waals surface area contributed by atoms with E-state index in [0.29, 0.717) is 5.69 Å². The molecule has 0 aliphatic heterocycles. The summed E-state index contributed by atoms with van der Waals surface area (Å²) < 4.78 is 5.04. The van der Waals surface area contributed by atoms with Crippen molar-refractivity contribution in [3.63, 3.8) is 0 Å². The van der Waals surface area contributed by atoms with Crippen molar-refractivity contribution in [2.45, 2.75) is 19.9 Å². The third-order valence-corrected chi connectivity index (χ3v) is 3.05. The van der Waals surface area contributed by atoms with Crippen LogP contribution in [0.2, 0.25) is 0 Å². The van der Waals surface area contributed by atoms with Gasteiger partial charge in [-0.3, -0.25) is 4.79 Å². The number of aryl methyl sites for hydroxylation is 1. The number of carbonyl (C=O) groups is 1. The Bertz CT molecular complexity index is 560. The van der Waals surface area contributed by atoms with Crippen molar-refractivity contribution in [2.75, 3.05) is 12.4 Å². The average Bonchev–Trinajstić information content (AvgIpc) is 2.85. The lowest BCUT2D eigenvalue weighted by Crippen LogP contribution is -2.14. The molecule has 1 amide bonds. The monoisotopic (exact) mass is 259 g/mol. The molecule has 1 aromatic carbocycles. The van der Waals surface area contributed by atoms with Crippen LogP contribution in [0.5, 0.6) is 0 Å². The van der Waals surface area contributed by atoms with Crippen LogP contribution in [0.25, 0.3) is 0 Å². The number of nitrogens with one attached hydrogen (secondary N) is 2. The molecule has 1 aromatic heterocycles. The lowest BCUT2D eigenvalue weighted by Gasteiger charge is -2.11. The number of amides is 1. The molecule has 5 nitrogen and oxygen atoms in total. The van der Waals surface area contributed by atoms with Gasteiger partial charge in [-0.05, 0) is 38.6 Å². The predicted molar refractivity (Wildman–Crippen MR) is 73.1 cm³/mol. The molecule has 1 atom stereocenters. The van der Waals surface area contributed by atoms with E-state index < -0.39 is 0 Å². The van der Waals surface area contributed by atoms with Crippen molar-refractivity contribution in [1.29, 1.82) is 0 Å². The highest BCUT2D eigenvalue weighted by Crippen LogP contribution is 2.16. The highest BCUT2D eigenvalue weighted by molar-refractivity contribution is 6.02. The molecule has 0 aliphatic rings. The molecule has 1 unspecified atom stereocenters.